The maximum Gasteiger partial charge on any atom is 0.243 e. The summed E-state index contributed by atoms with van der Waals surface area (Å²) in [6.45, 7) is 3.64. The van der Waals surface area contributed by atoms with Crippen LogP contribution in [0.4, 0.5) is 0 Å². The van der Waals surface area contributed by atoms with Gasteiger partial charge in [0.2, 0.25) is 15.9 Å². The van der Waals surface area contributed by atoms with Crippen LogP contribution >= 0.6 is 0 Å². The first-order chi connectivity index (χ1) is 16.3. The number of carbonyl (C=O) groups is 1. The van der Waals surface area contributed by atoms with Crippen LogP contribution in [0, 0.1) is 5.92 Å². The fraction of sp³-hybridized carbons (Fsp3) is 0.480. The molecule has 0 aromatic heterocycles. The van der Waals surface area contributed by atoms with Gasteiger partial charge in [0.15, 0.2) is 11.5 Å². The second kappa shape index (κ2) is 10.3. The van der Waals surface area contributed by atoms with Crippen molar-refractivity contribution in [3.05, 3.63) is 54.1 Å². The Morgan fingerprint density at radius 1 is 0.971 bits per heavy atom. The summed E-state index contributed by atoms with van der Waals surface area (Å²) in [6, 6.07) is 14.5. The number of hydrogen-bond donors (Lipinski definition) is 0. The summed E-state index contributed by atoms with van der Waals surface area (Å²) in [6.07, 6.45) is 0.771. The summed E-state index contributed by atoms with van der Waals surface area (Å²) in [4.78, 5) is 15.4. The molecule has 34 heavy (non-hydrogen) atoms. The third-order valence-corrected chi connectivity index (χ3v) is 8.43. The fourth-order valence-corrected chi connectivity index (χ4v) is 6.20. The highest BCUT2D eigenvalue weighted by molar-refractivity contribution is 7.89. The summed E-state index contributed by atoms with van der Waals surface area (Å²) < 4.78 is 44.4. The molecule has 0 bridgehead atoms. The smallest absolute Gasteiger partial charge is 0.243 e. The number of rotatable bonds is 6. The van der Waals surface area contributed by atoms with Gasteiger partial charge in [0.25, 0.3) is 0 Å². The van der Waals surface area contributed by atoms with Crippen LogP contribution in [0.2, 0.25) is 0 Å². The first kappa shape index (κ1) is 24.5. The molecule has 9 heteroatoms. The normalized spacial score (nSPS) is 22.4. The predicted octanol–water partition coefficient (Wildman–Crippen LogP) is 3.09. The molecule has 0 radical (unpaired) electrons. The quantitative estimate of drug-likeness (QED) is 0.621. The number of nitrogens with zero attached hydrogens (tertiary/aromatic N) is 2. The third kappa shape index (κ3) is 5.06. The van der Waals surface area contributed by atoms with Crippen molar-refractivity contribution in [2.24, 2.45) is 5.92 Å². The Hall–Kier alpha value is -2.62. The summed E-state index contributed by atoms with van der Waals surface area (Å²) >= 11 is 0. The van der Waals surface area contributed by atoms with Crippen molar-refractivity contribution in [3.8, 4) is 11.5 Å². The number of morpholine rings is 1. The van der Waals surface area contributed by atoms with E-state index in [4.69, 9.17) is 14.2 Å². The number of benzene rings is 2. The molecule has 2 heterocycles. The molecule has 8 nitrogen and oxygen atoms in total. The van der Waals surface area contributed by atoms with Gasteiger partial charge in [-0.25, -0.2) is 8.42 Å². The monoisotopic (exact) mass is 488 g/mol. The molecule has 2 atom stereocenters. The van der Waals surface area contributed by atoms with Crippen LogP contribution < -0.4 is 9.47 Å². The molecule has 0 saturated carbocycles. The summed E-state index contributed by atoms with van der Waals surface area (Å²) in [5.74, 6) is 0.722. The third-order valence-electron chi connectivity index (χ3n) is 6.54. The van der Waals surface area contributed by atoms with E-state index in [1.54, 1.807) is 6.07 Å². The van der Waals surface area contributed by atoms with Crippen molar-refractivity contribution in [1.82, 2.24) is 9.21 Å². The Labute approximate surface area is 201 Å². The van der Waals surface area contributed by atoms with Crippen molar-refractivity contribution in [3.63, 3.8) is 0 Å². The highest BCUT2D eigenvalue weighted by Crippen LogP contribution is 2.33. The van der Waals surface area contributed by atoms with Crippen LogP contribution in [0.25, 0.3) is 0 Å². The summed E-state index contributed by atoms with van der Waals surface area (Å²) in [5.41, 5.74) is 1.06. The van der Waals surface area contributed by atoms with E-state index in [0.717, 1.165) is 5.56 Å². The second-order valence-corrected chi connectivity index (χ2v) is 10.7. The van der Waals surface area contributed by atoms with E-state index in [2.05, 4.69) is 0 Å². The van der Waals surface area contributed by atoms with Gasteiger partial charge in [0, 0.05) is 31.6 Å². The van der Waals surface area contributed by atoms with Crippen LogP contribution in [0.1, 0.15) is 31.4 Å². The largest absolute Gasteiger partial charge is 0.493 e. The van der Waals surface area contributed by atoms with Crippen LogP contribution in [-0.4, -0.2) is 70.0 Å². The molecule has 0 N–H and O–H groups in total. The van der Waals surface area contributed by atoms with Gasteiger partial charge in [-0.05, 0) is 37.5 Å². The molecule has 2 unspecified atom stereocenters. The Morgan fingerprint density at radius 2 is 1.65 bits per heavy atom. The number of piperidine rings is 1. The SMILES string of the molecule is COc1ccc(S(=O)(=O)N2CCC(C(=O)N3CC(C)OC(c4ccccc4)C3)CC2)cc1OC. The Bertz CT molecular complexity index is 1100. The number of methoxy groups -OCH3 is 2. The molecule has 184 valence electrons. The minimum Gasteiger partial charge on any atom is -0.493 e. The average molecular weight is 489 g/mol. The molecule has 2 aliphatic heterocycles. The number of ether oxygens (including phenoxy) is 3. The standard InChI is InChI=1S/C25H32N2O6S/c1-18-16-26(17-24(33-18)19-7-5-4-6-8-19)25(28)20-11-13-27(14-12-20)34(29,30)21-9-10-22(31-2)23(15-21)32-3/h4-10,15,18,20,24H,11-14,16-17H2,1-3H3. The van der Waals surface area contributed by atoms with Crippen LogP contribution in [0.3, 0.4) is 0 Å². The van der Waals surface area contributed by atoms with E-state index in [1.165, 1.54) is 30.7 Å². The number of hydrogen-bond acceptors (Lipinski definition) is 6. The molecule has 2 aromatic rings. The van der Waals surface area contributed by atoms with Gasteiger partial charge in [-0.1, -0.05) is 30.3 Å². The fourth-order valence-electron chi connectivity index (χ4n) is 4.71. The first-order valence-corrected chi connectivity index (χ1v) is 13.0. The molecular formula is C25H32N2O6S. The van der Waals surface area contributed by atoms with E-state index in [-0.39, 0.29) is 28.9 Å². The van der Waals surface area contributed by atoms with Crippen molar-refractivity contribution in [1.29, 1.82) is 0 Å². The average Bonchev–Trinajstić information content (AvgIpc) is 2.88. The van der Waals surface area contributed by atoms with Gasteiger partial charge in [-0.2, -0.15) is 4.31 Å². The van der Waals surface area contributed by atoms with E-state index in [9.17, 15) is 13.2 Å². The van der Waals surface area contributed by atoms with Crippen molar-refractivity contribution >= 4 is 15.9 Å². The zero-order valence-corrected chi connectivity index (χ0v) is 20.7. The van der Waals surface area contributed by atoms with E-state index < -0.39 is 10.0 Å². The highest BCUT2D eigenvalue weighted by Gasteiger charge is 2.37. The predicted molar refractivity (Wildman–Crippen MR) is 127 cm³/mol. The lowest BCUT2D eigenvalue weighted by Gasteiger charge is -2.40. The van der Waals surface area contributed by atoms with Gasteiger partial charge in [0.05, 0.1) is 31.8 Å². The van der Waals surface area contributed by atoms with Gasteiger partial charge in [0.1, 0.15) is 6.10 Å². The molecule has 2 saturated heterocycles. The van der Waals surface area contributed by atoms with Gasteiger partial charge in [-0.15, -0.1) is 0 Å². The van der Waals surface area contributed by atoms with Crippen LogP contribution in [0.15, 0.2) is 53.4 Å². The lowest BCUT2D eigenvalue weighted by atomic mass is 9.95. The Balaban J connectivity index is 1.40. The lowest BCUT2D eigenvalue weighted by Crippen LogP contribution is -2.50. The zero-order valence-electron chi connectivity index (χ0n) is 19.8. The van der Waals surface area contributed by atoms with E-state index in [1.807, 2.05) is 42.2 Å². The second-order valence-electron chi connectivity index (χ2n) is 8.78. The molecule has 1 amide bonds. The molecule has 2 aliphatic rings. The number of amides is 1. The maximum atomic E-state index is 13.3. The van der Waals surface area contributed by atoms with Crippen LogP contribution in [0.5, 0.6) is 11.5 Å². The molecule has 4 rings (SSSR count). The lowest BCUT2D eigenvalue weighted by molar-refractivity contribution is -0.150. The molecule has 2 fully saturated rings. The van der Waals surface area contributed by atoms with E-state index in [0.29, 0.717) is 50.5 Å². The number of carbonyl (C=O) groups excluding carboxylic acids is 1. The van der Waals surface area contributed by atoms with Crippen molar-refractivity contribution in [2.75, 3.05) is 40.4 Å². The van der Waals surface area contributed by atoms with Gasteiger partial charge < -0.3 is 19.1 Å². The van der Waals surface area contributed by atoms with E-state index >= 15 is 0 Å². The first-order valence-electron chi connectivity index (χ1n) is 11.5. The topological polar surface area (TPSA) is 85.4 Å². The maximum absolute atomic E-state index is 13.3. The van der Waals surface area contributed by atoms with Crippen molar-refractivity contribution < 1.29 is 27.4 Å². The highest BCUT2D eigenvalue weighted by atomic mass is 32.2. The minimum absolute atomic E-state index is 0.0616. The van der Waals surface area contributed by atoms with Crippen LogP contribution in [-0.2, 0) is 19.6 Å². The molecule has 0 spiro atoms. The van der Waals surface area contributed by atoms with Gasteiger partial charge >= 0.3 is 0 Å². The molecule has 0 aliphatic carbocycles. The Kier molecular flexibility index (Phi) is 7.45. The van der Waals surface area contributed by atoms with Crippen molar-refractivity contribution in [2.45, 2.75) is 36.9 Å². The zero-order chi connectivity index (χ0) is 24.3. The number of sulfonamides is 1. The van der Waals surface area contributed by atoms with Gasteiger partial charge in [-0.3, -0.25) is 4.79 Å². The summed E-state index contributed by atoms with van der Waals surface area (Å²) in [7, 11) is -0.717. The minimum atomic E-state index is -3.69. The summed E-state index contributed by atoms with van der Waals surface area (Å²) in [5, 5.41) is 0. The molecular weight excluding hydrogens is 456 g/mol. The molecule has 2 aromatic carbocycles. The Morgan fingerprint density at radius 3 is 2.29 bits per heavy atom.